The summed E-state index contributed by atoms with van der Waals surface area (Å²) in [4.78, 5) is 12.0. The molecular weight excluding hydrogens is 172 g/mol. The highest BCUT2D eigenvalue weighted by molar-refractivity contribution is 6.08. The van der Waals surface area contributed by atoms with Gasteiger partial charge in [-0.25, -0.2) is 0 Å². The van der Waals surface area contributed by atoms with Crippen LogP contribution >= 0.6 is 0 Å². The van der Waals surface area contributed by atoms with Crippen molar-refractivity contribution in [1.29, 1.82) is 0 Å². The Morgan fingerprint density at radius 2 is 1.64 bits per heavy atom. The lowest BCUT2D eigenvalue weighted by Crippen LogP contribution is -2.26. The minimum absolute atomic E-state index is 0.221. The van der Waals surface area contributed by atoms with Crippen LogP contribution < -0.4 is 0 Å². The molecule has 0 bridgehead atoms. The molecule has 1 nitrogen and oxygen atoms in total. The first kappa shape index (κ1) is 9.20. The summed E-state index contributed by atoms with van der Waals surface area (Å²) in [6.45, 7) is 6.00. The van der Waals surface area contributed by atoms with Crippen molar-refractivity contribution in [3.8, 4) is 0 Å². The maximum atomic E-state index is 12.0. The van der Waals surface area contributed by atoms with E-state index >= 15 is 0 Å². The molecule has 0 aliphatic heterocycles. The topological polar surface area (TPSA) is 17.1 Å². The van der Waals surface area contributed by atoms with Crippen molar-refractivity contribution >= 4 is 11.4 Å². The van der Waals surface area contributed by atoms with Crippen LogP contribution in [0.5, 0.6) is 0 Å². The summed E-state index contributed by atoms with van der Waals surface area (Å²) >= 11 is 0. The Labute approximate surface area is 84.5 Å². The van der Waals surface area contributed by atoms with Gasteiger partial charge in [-0.15, -0.1) is 0 Å². The molecule has 0 atom stereocenters. The van der Waals surface area contributed by atoms with E-state index < -0.39 is 0 Å². The third-order valence-corrected chi connectivity index (χ3v) is 2.76. The number of rotatable bonds is 0. The van der Waals surface area contributed by atoms with E-state index in [1.807, 2.05) is 38.1 Å². The highest BCUT2D eigenvalue weighted by Crippen LogP contribution is 2.35. The molecule has 0 heterocycles. The summed E-state index contributed by atoms with van der Waals surface area (Å²) < 4.78 is 0. The molecule has 14 heavy (non-hydrogen) atoms. The zero-order chi connectivity index (χ0) is 10.3. The number of Topliss-reactive ketones (excluding diaryl/α,β-unsaturated/α-hetero) is 1. The smallest absolute Gasteiger partial charge is 0.172 e. The van der Waals surface area contributed by atoms with Gasteiger partial charge in [0.25, 0.3) is 0 Å². The maximum absolute atomic E-state index is 12.0. The molecular formula is C13H14O. The lowest BCUT2D eigenvalue weighted by molar-refractivity contribution is 0.0882. The summed E-state index contributed by atoms with van der Waals surface area (Å²) in [6.07, 6.45) is 2.05. The highest BCUT2D eigenvalue weighted by Gasteiger charge is 2.31. The predicted molar refractivity (Wildman–Crippen MR) is 58.2 cm³/mol. The van der Waals surface area contributed by atoms with E-state index in [-0.39, 0.29) is 11.2 Å². The molecule has 1 aliphatic rings. The van der Waals surface area contributed by atoms with Gasteiger partial charge in [-0.2, -0.15) is 0 Å². The molecule has 1 aromatic carbocycles. The average molecular weight is 186 g/mol. The van der Waals surface area contributed by atoms with Gasteiger partial charge < -0.3 is 0 Å². The average Bonchev–Trinajstić information content (AvgIpc) is 2.14. The Bertz CT molecular complexity index is 425. The van der Waals surface area contributed by atoms with Crippen LogP contribution in [-0.2, 0) is 0 Å². The van der Waals surface area contributed by atoms with E-state index in [1.165, 1.54) is 5.57 Å². The third kappa shape index (κ3) is 1.20. The Morgan fingerprint density at radius 1 is 1.07 bits per heavy atom. The maximum Gasteiger partial charge on any atom is 0.172 e. The molecule has 0 spiro atoms. The van der Waals surface area contributed by atoms with E-state index in [2.05, 4.69) is 13.0 Å². The molecule has 72 valence electrons. The van der Waals surface area contributed by atoms with Crippen molar-refractivity contribution in [3.63, 3.8) is 0 Å². The van der Waals surface area contributed by atoms with Crippen molar-refractivity contribution in [1.82, 2.24) is 0 Å². The fourth-order valence-corrected chi connectivity index (χ4v) is 2.06. The fourth-order valence-electron chi connectivity index (χ4n) is 2.06. The summed E-state index contributed by atoms with van der Waals surface area (Å²) in [5, 5.41) is 0. The lowest BCUT2D eigenvalue weighted by atomic mass is 9.75. The second kappa shape index (κ2) is 2.81. The van der Waals surface area contributed by atoms with Crippen molar-refractivity contribution in [2.24, 2.45) is 5.41 Å². The van der Waals surface area contributed by atoms with Gasteiger partial charge >= 0.3 is 0 Å². The number of ketones is 1. The van der Waals surface area contributed by atoms with E-state index in [0.717, 1.165) is 11.1 Å². The molecule has 0 saturated carbocycles. The molecule has 0 unspecified atom stereocenters. The van der Waals surface area contributed by atoms with Crippen LogP contribution in [0.2, 0.25) is 0 Å². The number of allylic oxidation sites excluding steroid dienone is 2. The highest BCUT2D eigenvalue weighted by atomic mass is 16.1. The minimum Gasteiger partial charge on any atom is -0.293 e. The van der Waals surface area contributed by atoms with Gasteiger partial charge in [0.05, 0.1) is 0 Å². The molecule has 1 aromatic rings. The third-order valence-electron chi connectivity index (χ3n) is 2.76. The van der Waals surface area contributed by atoms with Crippen molar-refractivity contribution in [2.75, 3.05) is 0 Å². The van der Waals surface area contributed by atoms with E-state index in [4.69, 9.17) is 0 Å². The number of carbonyl (C=O) groups excluding carboxylic acids is 1. The first-order valence-electron chi connectivity index (χ1n) is 4.86. The Hall–Kier alpha value is -1.37. The number of carbonyl (C=O) groups is 1. The number of hydrogen-bond acceptors (Lipinski definition) is 1. The number of benzene rings is 1. The van der Waals surface area contributed by atoms with Crippen molar-refractivity contribution in [3.05, 3.63) is 41.5 Å². The van der Waals surface area contributed by atoms with Crippen LogP contribution in [0.15, 0.2) is 30.3 Å². The largest absolute Gasteiger partial charge is 0.293 e. The summed E-state index contributed by atoms with van der Waals surface area (Å²) in [5.41, 5.74) is 2.79. The van der Waals surface area contributed by atoms with Crippen LogP contribution in [0.25, 0.3) is 5.57 Å². The van der Waals surface area contributed by atoms with Crippen LogP contribution in [0.3, 0.4) is 0 Å². The first-order chi connectivity index (χ1) is 6.52. The molecule has 0 aromatic heterocycles. The predicted octanol–water partition coefficient (Wildman–Crippen LogP) is 3.31. The Balaban J connectivity index is 2.69. The summed E-state index contributed by atoms with van der Waals surface area (Å²) in [6, 6.07) is 7.82. The normalized spacial score (nSPS) is 18.8. The minimum atomic E-state index is -0.349. The lowest BCUT2D eigenvalue weighted by Gasteiger charge is -2.26. The second-order valence-electron chi connectivity index (χ2n) is 4.42. The monoisotopic (exact) mass is 186 g/mol. The van der Waals surface area contributed by atoms with Crippen molar-refractivity contribution in [2.45, 2.75) is 20.8 Å². The first-order valence-corrected chi connectivity index (χ1v) is 4.86. The number of hydrogen-bond donors (Lipinski definition) is 0. The SMILES string of the molecule is CC1=CC(C)(C)C(=O)c2ccccc21. The summed E-state index contributed by atoms with van der Waals surface area (Å²) in [5.74, 6) is 0.221. The zero-order valence-electron chi connectivity index (χ0n) is 8.79. The van der Waals surface area contributed by atoms with Gasteiger partial charge in [-0.05, 0) is 31.9 Å². The Kier molecular flexibility index (Phi) is 1.84. The van der Waals surface area contributed by atoms with E-state index in [1.54, 1.807) is 0 Å². The molecule has 2 rings (SSSR count). The van der Waals surface area contributed by atoms with Crippen LogP contribution in [0, 0.1) is 5.41 Å². The molecule has 0 saturated heterocycles. The van der Waals surface area contributed by atoms with Gasteiger partial charge in [-0.1, -0.05) is 30.3 Å². The van der Waals surface area contributed by atoms with Gasteiger partial charge in [0.1, 0.15) is 0 Å². The van der Waals surface area contributed by atoms with Gasteiger partial charge in [-0.3, -0.25) is 4.79 Å². The second-order valence-corrected chi connectivity index (χ2v) is 4.42. The number of fused-ring (bicyclic) bond motifs is 1. The quantitative estimate of drug-likeness (QED) is 0.607. The van der Waals surface area contributed by atoms with Gasteiger partial charge in [0, 0.05) is 11.0 Å². The summed E-state index contributed by atoms with van der Waals surface area (Å²) in [7, 11) is 0. The molecule has 1 heteroatoms. The van der Waals surface area contributed by atoms with E-state index in [0.29, 0.717) is 0 Å². The Morgan fingerprint density at radius 3 is 2.29 bits per heavy atom. The van der Waals surface area contributed by atoms with E-state index in [9.17, 15) is 4.79 Å². The zero-order valence-corrected chi connectivity index (χ0v) is 8.79. The molecule has 0 amide bonds. The van der Waals surface area contributed by atoms with Gasteiger partial charge in [0.2, 0.25) is 0 Å². The fraction of sp³-hybridized carbons (Fsp3) is 0.308. The molecule has 1 aliphatic carbocycles. The van der Waals surface area contributed by atoms with Gasteiger partial charge in [0.15, 0.2) is 5.78 Å². The van der Waals surface area contributed by atoms with Crippen LogP contribution in [0.1, 0.15) is 36.7 Å². The van der Waals surface area contributed by atoms with Crippen LogP contribution in [0.4, 0.5) is 0 Å². The molecule has 0 fully saturated rings. The molecule has 0 radical (unpaired) electrons. The van der Waals surface area contributed by atoms with Crippen molar-refractivity contribution < 1.29 is 4.79 Å². The van der Waals surface area contributed by atoms with Crippen LogP contribution in [-0.4, -0.2) is 5.78 Å². The molecule has 0 N–H and O–H groups in total. The standard InChI is InChI=1S/C13H14O/c1-9-8-13(2,3)12(14)11-7-5-4-6-10(9)11/h4-8H,1-3H3.